The first-order valence-electron chi connectivity index (χ1n) is 5.60. The van der Waals surface area contributed by atoms with Gasteiger partial charge in [0, 0.05) is 10.4 Å². The molecule has 1 heterocycles. The molecule has 0 aliphatic carbocycles. The average molecular weight is 267 g/mol. The molecular weight excluding hydrogens is 252 g/mol. The van der Waals surface area contributed by atoms with Gasteiger partial charge in [0.15, 0.2) is 0 Å². The summed E-state index contributed by atoms with van der Waals surface area (Å²) in [4.78, 5) is 4.30. The van der Waals surface area contributed by atoms with Crippen molar-refractivity contribution >= 4 is 22.9 Å². The van der Waals surface area contributed by atoms with Gasteiger partial charge < -0.3 is 5.73 Å². The number of halogens is 1. The van der Waals surface area contributed by atoms with Gasteiger partial charge in [0.1, 0.15) is 0 Å². The molecule has 90 valence electrons. The van der Waals surface area contributed by atoms with Crippen LogP contribution in [0.4, 0.5) is 0 Å². The molecule has 1 aromatic heterocycles. The van der Waals surface area contributed by atoms with E-state index in [9.17, 15) is 0 Å². The van der Waals surface area contributed by atoms with Gasteiger partial charge in [0.05, 0.1) is 11.2 Å². The standard InChI is InChI=1S/C13H15ClN2S/c14-13-4-2-1-3-11(13)5-10(7-15)6-12-8-17-9-16-12/h1-4,8-10H,5-7,15H2. The van der Waals surface area contributed by atoms with E-state index >= 15 is 0 Å². The molecule has 0 aliphatic rings. The number of hydrogen-bond acceptors (Lipinski definition) is 3. The Labute approximate surface area is 110 Å². The monoisotopic (exact) mass is 266 g/mol. The summed E-state index contributed by atoms with van der Waals surface area (Å²) in [5, 5.41) is 2.90. The summed E-state index contributed by atoms with van der Waals surface area (Å²) in [6.45, 7) is 0.656. The van der Waals surface area contributed by atoms with Crippen LogP contribution in [0.15, 0.2) is 35.2 Å². The molecular formula is C13H15ClN2S. The molecule has 0 bridgehead atoms. The fourth-order valence-electron chi connectivity index (χ4n) is 1.85. The molecule has 1 unspecified atom stereocenters. The van der Waals surface area contributed by atoms with E-state index in [0.29, 0.717) is 12.5 Å². The minimum atomic E-state index is 0.400. The number of hydrogen-bond donors (Lipinski definition) is 1. The van der Waals surface area contributed by atoms with Crippen LogP contribution in [0.1, 0.15) is 11.3 Å². The Kier molecular flexibility index (Phi) is 4.54. The predicted octanol–water partition coefficient (Wildman–Crippen LogP) is 3.16. The van der Waals surface area contributed by atoms with Gasteiger partial charge in [-0.2, -0.15) is 0 Å². The van der Waals surface area contributed by atoms with Gasteiger partial charge in [-0.05, 0) is 36.9 Å². The van der Waals surface area contributed by atoms with Crippen LogP contribution in [0.5, 0.6) is 0 Å². The van der Waals surface area contributed by atoms with Crippen LogP contribution >= 0.6 is 22.9 Å². The summed E-state index contributed by atoms with van der Waals surface area (Å²) in [5.74, 6) is 0.400. The zero-order valence-electron chi connectivity index (χ0n) is 9.47. The molecule has 0 saturated heterocycles. The molecule has 2 aromatic rings. The zero-order chi connectivity index (χ0) is 12.1. The molecule has 0 saturated carbocycles. The van der Waals surface area contributed by atoms with Crippen molar-refractivity contribution < 1.29 is 0 Å². The second-order valence-corrected chi connectivity index (χ2v) is 5.21. The fourth-order valence-corrected chi connectivity index (χ4v) is 2.63. The topological polar surface area (TPSA) is 38.9 Å². The third-order valence-corrected chi connectivity index (χ3v) is 3.79. The van der Waals surface area contributed by atoms with E-state index in [0.717, 1.165) is 23.6 Å². The van der Waals surface area contributed by atoms with Gasteiger partial charge in [0.2, 0.25) is 0 Å². The van der Waals surface area contributed by atoms with Crippen LogP contribution in [0, 0.1) is 5.92 Å². The zero-order valence-corrected chi connectivity index (χ0v) is 11.0. The molecule has 1 aromatic carbocycles. The van der Waals surface area contributed by atoms with E-state index in [2.05, 4.69) is 16.4 Å². The van der Waals surface area contributed by atoms with Gasteiger partial charge in [-0.15, -0.1) is 11.3 Å². The molecule has 0 amide bonds. The Morgan fingerprint density at radius 3 is 2.76 bits per heavy atom. The lowest BCUT2D eigenvalue weighted by molar-refractivity contribution is 0.528. The summed E-state index contributed by atoms with van der Waals surface area (Å²) >= 11 is 7.78. The van der Waals surface area contributed by atoms with Crippen LogP contribution in [0.25, 0.3) is 0 Å². The first-order chi connectivity index (χ1) is 8.29. The van der Waals surface area contributed by atoms with E-state index < -0.39 is 0 Å². The molecule has 4 heteroatoms. The van der Waals surface area contributed by atoms with E-state index in [1.165, 1.54) is 5.56 Å². The van der Waals surface area contributed by atoms with Gasteiger partial charge in [-0.3, -0.25) is 0 Å². The molecule has 1 atom stereocenters. The van der Waals surface area contributed by atoms with E-state index in [1.54, 1.807) is 11.3 Å². The van der Waals surface area contributed by atoms with Gasteiger partial charge in [-0.1, -0.05) is 29.8 Å². The molecule has 0 aliphatic heterocycles. The Bertz CT molecular complexity index is 456. The second-order valence-electron chi connectivity index (χ2n) is 4.08. The largest absolute Gasteiger partial charge is 0.330 e. The summed E-state index contributed by atoms with van der Waals surface area (Å²) in [7, 11) is 0. The van der Waals surface area contributed by atoms with Crippen LogP contribution in [-0.4, -0.2) is 11.5 Å². The van der Waals surface area contributed by atoms with Crippen molar-refractivity contribution in [2.75, 3.05) is 6.54 Å². The maximum atomic E-state index is 6.15. The highest BCUT2D eigenvalue weighted by molar-refractivity contribution is 7.07. The lowest BCUT2D eigenvalue weighted by Gasteiger charge is -2.14. The number of nitrogens with zero attached hydrogens (tertiary/aromatic N) is 1. The Morgan fingerprint density at radius 1 is 1.29 bits per heavy atom. The number of thiazole rings is 1. The van der Waals surface area contributed by atoms with E-state index in [1.807, 2.05) is 23.7 Å². The van der Waals surface area contributed by atoms with Crippen molar-refractivity contribution in [1.29, 1.82) is 0 Å². The molecule has 0 fully saturated rings. The fraction of sp³-hybridized carbons (Fsp3) is 0.308. The number of benzene rings is 1. The smallest absolute Gasteiger partial charge is 0.0794 e. The van der Waals surface area contributed by atoms with Crippen molar-refractivity contribution in [3.63, 3.8) is 0 Å². The highest BCUT2D eigenvalue weighted by atomic mass is 35.5. The molecule has 0 spiro atoms. The molecule has 2 rings (SSSR count). The van der Waals surface area contributed by atoms with Crippen molar-refractivity contribution in [2.24, 2.45) is 11.7 Å². The van der Waals surface area contributed by atoms with Crippen molar-refractivity contribution in [2.45, 2.75) is 12.8 Å². The molecule has 2 N–H and O–H groups in total. The van der Waals surface area contributed by atoms with Crippen LogP contribution < -0.4 is 5.73 Å². The maximum Gasteiger partial charge on any atom is 0.0794 e. The van der Waals surface area contributed by atoms with Crippen molar-refractivity contribution in [1.82, 2.24) is 4.98 Å². The van der Waals surface area contributed by atoms with Gasteiger partial charge >= 0.3 is 0 Å². The lowest BCUT2D eigenvalue weighted by atomic mass is 9.95. The first-order valence-corrected chi connectivity index (χ1v) is 6.92. The Hall–Kier alpha value is -0.900. The number of aromatic nitrogens is 1. The van der Waals surface area contributed by atoms with E-state index in [4.69, 9.17) is 17.3 Å². The summed E-state index contributed by atoms with van der Waals surface area (Å²) in [6, 6.07) is 7.95. The highest BCUT2D eigenvalue weighted by Crippen LogP contribution is 2.20. The minimum absolute atomic E-state index is 0.400. The summed E-state index contributed by atoms with van der Waals surface area (Å²) < 4.78 is 0. The molecule has 2 nitrogen and oxygen atoms in total. The maximum absolute atomic E-state index is 6.15. The summed E-state index contributed by atoms with van der Waals surface area (Å²) in [5.41, 5.74) is 9.97. The van der Waals surface area contributed by atoms with Gasteiger partial charge in [-0.25, -0.2) is 4.98 Å². The predicted molar refractivity (Wildman–Crippen MR) is 73.5 cm³/mol. The quantitative estimate of drug-likeness (QED) is 0.903. The lowest BCUT2D eigenvalue weighted by Crippen LogP contribution is -2.19. The van der Waals surface area contributed by atoms with E-state index in [-0.39, 0.29) is 0 Å². The Morgan fingerprint density at radius 2 is 2.12 bits per heavy atom. The van der Waals surface area contributed by atoms with Crippen molar-refractivity contribution in [3.8, 4) is 0 Å². The third kappa shape index (κ3) is 3.53. The number of rotatable bonds is 5. The van der Waals surface area contributed by atoms with Crippen molar-refractivity contribution in [3.05, 3.63) is 51.4 Å². The SMILES string of the molecule is NCC(Cc1cscn1)Cc1ccccc1Cl. The number of nitrogens with two attached hydrogens (primary N) is 1. The Balaban J connectivity index is 2.03. The van der Waals surface area contributed by atoms with Crippen LogP contribution in [0.2, 0.25) is 5.02 Å². The first kappa shape index (κ1) is 12.6. The van der Waals surface area contributed by atoms with Gasteiger partial charge in [0.25, 0.3) is 0 Å². The molecule has 0 radical (unpaired) electrons. The van der Waals surface area contributed by atoms with Crippen LogP contribution in [-0.2, 0) is 12.8 Å². The minimum Gasteiger partial charge on any atom is -0.330 e. The average Bonchev–Trinajstić information content (AvgIpc) is 2.84. The second kappa shape index (κ2) is 6.15. The summed E-state index contributed by atoms with van der Waals surface area (Å²) in [6.07, 6.45) is 1.83. The van der Waals surface area contributed by atoms with Crippen LogP contribution in [0.3, 0.4) is 0 Å². The highest BCUT2D eigenvalue weighted by Gasteiger charge is 2.11. The molecule has 17 heavy (non-hydrogen) atoms. The normalized spacial score (nSPS) is 12.6. The third-order valence-electron chi connectivity index (χ3n) is 2.78.